The molecule has 1 aromatic heterocycles. The second-order valence-corrected chi connectivity index (χ2v) is 5.80. The van der Waals surface area contributed by atoms with Crippen LogP contribution in [0.15, 0.2) is 24.3 Å². The third-order valence-electron chi connectivity index (χ3n) is 4.04. The maximum atomic E-state index is 12.4. The first-order chi connectivity index (χ1) is 9.97. The van der Waals surface area contributed by atoms with E-state index < -0.39 is 5.97 Å². The molecule has 2 aromatic rings. The molecule has 0 radical (unpaired) electrons. The number of fused-ring (bicyclic) bond motifs is 1. The molecule has 0 spiro atoms. The Morgan fingerprint density at radius 2 is 1.95 bits per heavy atom. The number of H-pyrrole nitrogens is 1. The summed E-state index contributed by atoms with van der Waals surface area (Å²) >= 11 is 5.88. The van der Waals surface area contributed by atoms with Gasteiger partial charge < -0.3 is 10.1 Å². The highest BCUT2D eigenvalue weighted by Gasteiger charge is 2.31. The molecular weight excluding hydrogens is 290 g/mol. The van der Waals surface area contributed by atoms with E-state index in [1.54, 1.807) is 19.1 Å². The molecule has 5 heteroatoms. The zero-order valence-corrected chi connectivity index (χ0v) is 12.2. The molecule has 0 saturated carbocycles. The summed E-state index contributed by atoms with van der Waals surface area (Å²) in [5, 5.41) is 9.82. The summed E-state index contributed by atoms with van der Waals surface area (Å²) < 4.78 is 0. The first kappa shape index (κ1) is 13.9. The number of ketones is 1. The van der Waals surface area contributed by atoms with Gasteiger partial charge >= 0.3 is 5.97 Å². The van der Waals surface area contributed by atoms with E-state index in [2.05, 4.69) is 4.98 Å². The topological polar surface area (TPSA) is 70.2 Å². The standard InChI is InChI=1S/C16H14ClNO3/c1-8-14-12(18-15(8)16(20)21)6-10(7-13(14)19)9-2-4-11(17)5-3-9/h2-5,10,18H,6-7H2,1H3,(H,20,21)/t10-/m0/s1. The Balaban J connectivity index is 1.99. The monoisotopic (exact) mass is 303 g/mol. The Bertz CT molecular complexity index is 731. The zero-order valence-electron chi connectivity index (χ0n) is 11.4. The molecule has 1 aliphatic rings. The average Bonchev–Trinajstić information content (AvgIpc) is 2.77. The van der Waals surface area contributed by atoms with Crippen LogP contribution in [0.1, 0.15) is 50.0 Å². The lowest BCUT2D eigenvalue weighted by atomic mass is 9.81. The Morgan fingerprint density at radius 3 is 2.57 bits per heavy atom. The number of carboxylic acids is 1. The minimum atomic E-state index is -1.03. The third-order valence-corrected chi connectivity index (χ3v) is 4.30. The number of halogens is 1. The molecule has 0 aliphatic heterocycles. The number of rotatable bonds is 2. The number of aromatic amines is 1. The van der Waals surface area contributed by atoms with Gasteiger partial charge in [-0.15, -0.1) is 0 Å². The highest BCUT2D eigenvalue weighted by Crippen LogP contribution is 2.35. The van der Waals surface area contributed by atoms with Crippen molar-refractivity contribution in [3.63, 3.8) is 0 Å². The second kappa shape index (κ2) is 5.04. The molecular formula is C16H14ClNO3. The predicted molar refractivity (Wildman–Crippen MR) is 79.3 cm³/mol. The Hall–Kier alpha value is -2.07. The SMILES string of the molecule is Cc1c(C(=O)O)[nH]c2c1C(=O)C[C@@H](c1ccc(Cl)cc1)C2. The summed E-state index contributed by atoms with van der Waals surface area (Å²) in [6.07, 6.45) is 1.03. The summed E-state index contributed by atoms with van der Waals surface area (Å²) in [4.78, 5) is 26.4. The van der Waals surface area contributed by atoms with E-state index in [4.69, 9.17) is 16.7 Å². The van der Waals surface area contributed by atoms with Crippen molar-refractivity contribution in [2.24, 2.45) is 0 Å². The predicted octanol–water partition coefficient (Wildman–Crippen LogP) is 3.59. The van der Waals surface area contributed by atoms with Crippen molar-refractivity contribution in [1.29, 1.82) is 0 Å². The van der Waals surface area contributed by atoms with Crippen molar-refractivity contribution < 1.29 is 14.7 Å². The van der Waals surface area contributed by atoms with Gasteiger partial charge in [0.05, 0.1) is 0 Å². The van der Waals surface area contributed by atoms with Crippen molar-refractivity contribution in [2.45, 2.75) is 25.7 Å². The van der Waals surface area contributed by atoms with Crippen LogP contribution in [0, 0.1) is 6.92 Å². The molecule has 1 heterocycles. The summed E-state index contributed by atoms with van der Waals surface area (Å²) in [5.41, 5.74) is 2.98. The Morgan fingerprint density at radius 1 is 1.29 bits per heavy atom. The van der Waals surface area contributed by atoms with Gasteiger partial charge in [0.2, 0.25) is 0 Å². The molecule has 108 valence electrons. The fourth-order valence-corrected chi connectivity index (χ4v) is 3.14. The summed E-state index contributed by atoms with van der Waals surface area (Å²) in [6.45, 7) is 1.68. The van der Waals surface area contributed by atoms with Gasteiger partial charge in [0.1, 0.15) is 5.69 Å². The molecule has 0 fully saturated rings. The van der Waals surface area contributed by atoms with Crippen LogP contribution in [0.2, 0.25) is 5.02 Å². The number of carbonyl (C=O) groups is 2. The van der Waals surface area contributed by atoms with Crippen molar-refractivity contribution in [3.05, 3.63) is 57.4 Å². The number of benzene rings is 1. The molecule has 0 amide bonds. The minimum Gasteiger partial charge on any atom is -0.477 e. The smallest absolute Gasteiger partial charge is 0.352 e. The van der Waals surface area contributed by atoms with E-state index in [0.29, 0.717) is 29.0 Å². The van der Waals surface area contributed by atoms with Crippen LogP contribution in [0.5, 0.6) is 0 Å². The molecule has 0 bridgehead atoms. The molecule has 2 N–H and O–H groups in total. The third kappa shape index (κ3) is 2.36. The zero-order chi connectivity index (χ0) is 15.1. The van der Waals surface area contributed by atoms with Crippen molar-refractivity contribution in [1.82, 2.24) is 4.98 Å². The molecule has 1 aliphatic carbocycles. The lowest BCUT2D eigenvalue weighted by molar-refractivity contribution is 0.0690. The van der Waals surface area contributed by atoms with Gasteiger partial charge in [-0.3, -0.25) is 4.79 Å². The number of carboxylic acid groups (broad SMARTS) is 1. The Kier molecular flexibility index (Phi) is 3.33. The van der Waals surface area contributed by atoms with Crippen LogP contribution in [-0.2, 0) is 6.42 Å². The van der Waals surface area contributed by atoms with Gasteiger partial charge in [0.25, 0.3) is 0 Å². The van der Waals surface area contributed by atoms with Crippen LogP contribution < -0.4 is 0 Å². The number of aromatic nitrogens is 1. The number of nitrogens with one attached hydrogen (secondary N) is 1. The molecule has 0 saturated heterocycles. The fourth-order valence-electron chi connectivity index (χ4n) is 3.02. The highest BCUT2D eigenvalue weighted by molar-refractivity contribution is 6.30. The first-order valence-corrected chi connectivity index (χ1v) is 7.08. The summed E-state index contributed by atoms with van der Waals surface area (Å²) in [5.74, 6) is -0.975. The number of aromatic carboxylic acids is 1. The van der Waals surface area contributed by atoms with E-state index in [9.17, 15) is 9.59 Å². The van der Waals surface area contributed by atoms with Gasteiger partial charge in [-0.25, -0.2) is 4.79 Å². The number of carbonyl (C=O) groups excluding carboxylic acids is 1. The molecule has 0 unspecified atom stereocenters. The molecule has 1 atom stereocenters. The summed E-state index contributed by atoms with van der Waals surface area (Å²) in [6, 6.07) is 7.44. The lowest BCUT2D eigenvalue weighted by Crippen LogP contribution is -2.18. The van der Waals surface area contributed by atoms with E-state index in [1.807, 2.05) is 12.1 Å². The maximum Gasteiger partial charge on any atom is 0.352 e. The lowest BCUT2D eigenvalue weighted by Gasteiger charge is -2.22. The maximum absolute atomic E-state index is 12.4. The average molecular weight is 304 g/mol. The van der Waals surface area contributed by atoms with E-state index >= 15 is 0 Å². The molecule has 21 heavy (non-hydrogen) atoms. The van der Waals surface area contributed by atoms with Gasteiger partial charge in [-0.2, -0.15) is 0 Å². The first-order valence-electron chi connectivity index (χ1n) is 6.70. The number of hydrogen-bond acceptors (Lipinski definition) is 2. The highest BCUT2D eigenvalue weighted by atomic mass is 35.5. The van der Waals surface area contributed by atoms with Gasteiger partial charge in [0, 0.05) is 22.7 Å². The number of hydrogen-bond donors (Lipinski definition) is 2. The van der Waals surface area contributed by atoms with Crippen LogP contribution in [0.4, 0.5) is 0 Å². The van der Waals surface area contributed by atoms with E-state index in [1.165, 1.54) is 0 Å². The van der Waals surface area contributed by atoms with Gasteiger partial charge in [0.15, 0.2) is 5.78 Å². The second-order valence-electron chi connectivity index (χ2n) is 5.36. The quantitative estimate of drug-likeness (QED) is 0.890. The van der Waals surface area contributed by atoms with Gasteiger partial charge in [-0.05, 0) is 42.5 Å². The fraction of sp³-hybridized carbons (Fsp3) is 0.250. The van der Waals surface area contributed by atoms with Crippen molar-refractivity contribution in [3.8, 4) is 0 Å². The summed E-state index contributed by atoms with van der Waals surface area (Å²) in [7, 11) is 0. The van der Waals surface area contributed by atoms with Crippen molar-refractivity contribution in [2.75, 3.05) is 0 Å². The molecule has 1 aromatic carbocycles. The number of Topliss-reactive ketones (excluding diaryl/α,β-unsaturated/α-hetero) is 1. The molecule has 3 rings (SSSR count). The van der Waals surface area contributed by atoms with E-state index in [0.717, 1.165) is 11.3 Å². The molecule has 4 nitrogen and oxygen atoms in total. The van der Waals surface area contributed by atoms with Crippen LogP contribution >= 0.6 is 11.6 Å². The minimum absolute atomic E-state index is 0.00236. The van der Waals surface area contributed by atoms with Crippen LogP contribution in [0.25, 0.3) is 0 Å². The Labute approximate surface area is 126 Å². The van der Waals surface area contributed by atoms with Crippen LogP contribution in [-0.4, -0.2) is 21.8 Å². The van der Waals surface area contributed by atoms with E-state index in [-0.39, 0.29) is 17.4 Å². The van der Waals surface area contributed by atoms with Gasteiger partial charge in [-0.1, -0.05) is 23.7 Å². The van der Waals surface area contributed by atoms with Crippen LogP contribution in [0.3, 0.4) is 0 Å². The normalized spacial score (nSPS) is 17.6. The largest absolute Gasteiger partial charge is 0.477 e. The van der Waals surface area contributed by atoms with Crippen molar-refractivity contribution >= 4 is 23.4 Å².